The lowest BCUT2D eigenvalue weighted by atomic mass is 9.79. The minimum absolute atomic E-state index is 0.173. The number of hydrogen-bond donors (Lipinski definition) is 1. The van der Waals surface area contributed by atoms with Crippen molar-refractivity contribution in [1.82, 2.24) is 4.90 Å². The van der Waals surface area contributed by atoms with Gasteiger partial charge in [0, 0.05) is 13.1 Å². The fourth-order valence-corrected chi connectivity index (χ4v) is 2.53. The van der Waals surface area contributed by atoms with E-state index in [0.717, 1.165) is 6.54 Å². The van der Waals surface area contributed by atoms with Crippen LogP contribution in [0.25, 0.3) is 0 Å². The Morgan fingerprint density at radius 2 is 1.55 bits per heavy atom. The normalized spacial score (nSPS) is 18.9. The van der Waals surface area contributed by atoms with Crippen molar-refractivity contribution in [3.8, 4) is 0 Å². The predicted molar refractivity (Wildman–Crippen MR) is 73.1 cm³/mol. The summed E-state index contributed by atoms with van der Waals surface area (Å²) in [5.41, 5.74) is -1.37. The third-order valence-electron chi connectivity index (χ3n) is 3.75. The number of aliphatic hydroxyl groups is 1. The molecule has 0 bridgehead atoms. The Hall–Kier alpha value is -1.14. The zero-order chi connectivity index (χ0) is 15.2. The highest BCUT2D eigenvalue weighted by atomic mass is 16.6. The van der Waals surface area contributed by atoms with Crippen molar-refractivity contribution in [2.75, 3.05) is 32.8 Å². The summed E-state index contributed by atoms with van der Waals surface area (Å²) in [6.07, 6.45) is 0.728. The maximum absolute atomic E-state index is 12.0. The predicted octanol–water partition coefficient (Wildman–Crippen LogP) is 0.576. The van der Waals surface area contributed by atoms with Crippen LogP contribution in [0, 0.1) is 5.92 Å². The van der Waals surface area contributed by atoms with Crippen LogP contribution in [0.1, 0.15) is 33.6 Å². The van der Waals surface area contributed by atoms with Gasteiger partial charge in [-0.1, -0.05) is 6.92 Å². The maximum atomic E-state index is 12.0. The Bertz CT molecular complexity index is 318. The lowest BCUT2D eigenvalue weighted by Gasteiger charge is -2.40. The van der Waals surface area contributed by atoms with E-state index in [2.05, 4.69) is 4.90 Å². The largest absolute Gasteiger partial charge is 0.465 e. The zero-order valence-electron chi connectivity index (χ0n) is 12.6. The van der Waals surface area contributed by atoms with Crippen LogP contribution >= 0.6 is 0 Å². The molecular formula is C14H25NO5. The molecule has 0 unspecified atom stereocenters. The van der Waals surface area contributed by atoms with Crippen molar-refractivity contribution in [2.45, 2.75) is 39.2 Å². The van der Waals surface area contributed by atoms with E-state index in [9.17, 15) is 14.7 Å². The van der Waals surface area contributed by atoms with Gasteiger partial charge in [-0.15, -0.1) is 0 Å². The van der Waals surface area contributed by atoms with E-state index in [1.165, 1.54) is 0 Å². The van der Waals surface area contributed by atoms with Crippen molar-refractivity contribution in [1.29, 1.82) is 0 Å². The number of carbonyl (C=O) groups is 2. The van der Waals surface area contributed by atoms with Gasteiger partial charge in [0.05, 0.1) is 18.8 Å². The molecule has 20 heavy (non-hydrogen) atoms. The molecule has 0 radical (unpaired) electrons. The third-order valence-corrected chi connectivity index (χ3v) is 3.75. The van der Waals surface area contributed by atoms with Crippen molar-refractivity contribution in [3.05, 3.63) is 0 Å². The van der Waals surface area contributed by atoms with E-state index in [1.807, 2.05) is 6.92 Å². The average molecular weight is 287 g/mol. The van der Waals surface area contributed by atoms with Gasteiger partial charge >= 0.3 is 11.9 Å². The number of hydrogen-bond acceptors (Lipinski definition) is 6. The molecule has 0 amide bonds. The molecule has 1 aliphatic rings. The minimum Gasteiger partial charge on any atom is -0.465 e. The first-order chi connectivity index (χ1) is 9.48. The van der Waals surface area contributed by atoms with Crippen molar-refractivity contribution in [3.63, 3.8) is 0 Å². The van der Waals surface area contributed by atoms with E-state index >= 15 is 0 Å². The van der Waals surface area contributed by atoms with Crippen LogP contribution < -0.4 is 0 Å². The quantitative estimate of drug-likeness (QED) is 0.569. The first kappa shape index (κ1) is 16.9. The molecule has 1 fully saturated rings. The summed E-state index contributed by atoms with van der Waals surface area (Å²) < 4.78 is 9.86. The average Bonchev–Trinajstić information content (AvgIpc) is 2.40. The Morgan fingerprint density at radius 3 is 1.90 bits per heavy atom. The van der Waals surface area contributed by atoms with Crippen LogP contribution in [-0.4, -0.2) is 60.4 Å². The second kappa shape index (κ2) is 7.59. The number of piperidine rings is 1. The third kappa shape index (κ3) is 3.93. The van der Waals surface area contributed by atoms with Crippen molar-refractivity contribution in [2.24, 2.45) is 5.92 Å². The molecule has 0 atom stereocenters. The summed E-state index contributed by atoms with van der Waals surface area (Å²) in [4.78, 5) is 26.2. The van der Waals surface area contributed by atoms with Crippen LogP contribution in [-0.2, 0) is 19.1 Å². The number of nitrogens with zero attached hydrogens (tertiary/aromatic N) is 1. The molecule has 6 nitrogen and oxygen atoms in total. The van der Waals surface area contributed by atoms with Crippen molar-refractivity contribution >= 4 is 11.9 Å². The number of esters is 2. The highest BCUT2D eigenvalue weighted by Crippen LogP contribution is 2.32. The smallest absolute Gasteiger partial charge is 0.323 e. The summed E-state index contributed by atoms with van der Waals surface area (Å²) in [6.45, 7) is 7.92. The molecule has 1 N–H and O–H groups in total. The molecule has 0 spiro atoms. The van der Waals surface area contributed by atoms with E-state index in [0.29, 0.717) is 25.9 Å². The maximum Gasteiger partial charge on any atom is 0.323 e. The fraction of sp³-hybridized carbons (Fsp3) is 0.857. The summed E-state index contributed by atoms with van der Waals surface area (Å²) in [5.74, 6) is -2.64. The second-order valence-corrected chi connectivity index (χ2v) is 4.97. The summed E-state index contributed by atoms with van der Waals surface area (Å²) in [5, 5.41) is 10.7. The summed E-state index contributed by atoms with van der Waals surface area (Å²) in [6, 6.07) is 0. The minimum atomic E-state index is -1.37. The molecule has 6 heteroatoms. The SMILES string of the molecule is CCOC(=O)C(C(=O)OCC)C1(O)CCN(CC)CC1. The van der Waals surface area contributed by atoms with E-state index in [4.69, 9.17) is 9.47 Å². The highest BCUT2D eigenvalue weighted by molar-refractivity contribution is 5.96. The van der Waals surface area contributed by atoms with Crippen molar-refractivity contribution < 1.29 is 24.2 Å². The van der Waals surface area contributed by atoms with E-state index in [1.54, 1.807) is 13.8 Å². The molecule has 0 aliphatic carbocycles. The summed E-state index contributed by atoms with van der Waals surface area (Å²) in [7, 11) is 0. The molecule has 1 saturated heterocycles. The number of ether oxygens (including phenoxy) is 2. The van der Waals surface area contributed by atoms with Crippen LogP contribution in [0.5, 0.6) is 0 Å². The van der Waals surface area contributed by atoms with Gasteiger partial charge in [0.25, 0.3) is 0 Å². The highest BCUT2D eigenvalue weighted by Gasteiger charge is 2.49. The summed E-state index contributed by atoms with van der Waals surface area (Å²) >= 11 is 0. The molecular weight excluding hydrogens is 262 g/mol. The van der Waals surface area contributed by atoms with Crippen LogP contribution in [0.3, 0.4) is 0 Å². The molecule has 0 aromatic heterocycles. The Kier molecular flexibility index (Phi) is 6.42. The van der Waals surface area contributed by atoms with Crippen LogP contribution in [0.4, 0.5) is 0 Å². The topological polar surface area (TPSA) is 76.1 Å². The molecule has 0 aromatic rings. The van der Waals surface area contributed by atoms with Gasteiger partial charge in [-0.2, -0.15) is 0 Å². The first-order valence-corrected chi connectivity index (χ1v) is 7.26. The number of carbonyl (C=O) groups excluding carboxylic acids is 2. The molecule has 0 saturated carbocycles. The van der Waals surface area contributed by atoms with Gasteiger partial charge in [-0.25, -0.2) is 0 Å². The van der Waals surface area contributed by atoms with Gasteiger partial charge in [-0.05, 0) is 33.2 Å². The monoisotopic (exact) mass is 287 g/mol. The second-order valence-electron chi connectivity index (χ2n) is 4.97. The first-order valence-electron chi connectivity index (χ1n) is 7.26. The Balaban J connectivity index is 2.86. The van der Waals surface area contributed by atoms with Gasteiger partial charge in [0.1, 0.15) is 0 Å². The van der Waals surface area contributed by atoms with E-state index in [-0.39, 0.29) is 13.2 Å². The Labute approximate surface area is 120 Å². The zero-order valence-corrected chi connectivity index (χ0v) is 12.6. The van der Waals surface area contributed by atoms with Gasteiger partial charge in [0.15, 0.2) is 5.92 Å². The molecule has 1 rings (SSSR count). The molecule has 1 heterocycles. The molecule has 116 valence electrons. The fourth-order valence-electron chi connectivity index (χ4n) is 2.53. The lowest BCUT2D eigenvalue weighted by Crippen LogP contribution is -2.54. The Morgan fingerprint density at radius 1 is 1.10 bits per heavy atom. The van der Waals surface area contributed by atoms with Crippen LogP contribution in [0.15, 0.2) is 0 Å². The number of likely N-dealkylation sites (tertiary alicyclic amines) is 1. The van der Waals surface area contributed by atoms with Crippen LogP contribution in [0.2, 0.25) is 0 Å². The van der Waals surface area contributed by atoms with E-state index < -0.39 is 23.5 Å². The molecule has 1 aliphatic heterocycles. The van der Waals surface area contributed by atoms with Gasteiger partial charge < -0.3 is 19.5 Å². The molecule has 0 aromatic carbocycles. The van der Waals surface area contributed by atoms with Gasteiger partial charge in [-0.3, -0.25) is 9.59 Å². The van der Waals surface area contributed by atoms with Gasteiger partial charge in [0.2, 0.25) is 0 Å². The number of rotatable bonds is 6. The standard InChI is InChI=1S/C14H25NO5/c1-4-15-9-7-14(18,8-10-15)11(12(16)19-5-2)13(17)20-6-3/h11,18H,4-10H2,1-3H3. The lowest BCUT2D eigenvalue weighted by molar-refractivity contribution is -0.178.